The van der Waals surface area contributed by atoms with E-state index in [-0.39, 0.29) is 5.56 Å². The first-order chi connectivity index (χ1) is 11.2. The lowest BCUT2D eigenvalue weighted by Gasteiger charge is -2.11. The van der Waals surface area contributed by atoms with Crippen molar-refractivity contribution < 1.29 is 4.74 Å². The van der Waals surface area contributed by atoms with Gasteiger partial charge in [0, 0.05) is 17.4 Å². The average molecular weight is 349 g/mol. The monoisotopic (exact) mass is 348 g/mol. The fourth-order valence-corrected chi connectivity index (χ4v) is 2.50. The summed E-state index contributed by atoms with van der Waals surface area (Å²) in [4.78, 5) is 12.5. The van der Waals surface area contributed by atoms with E-state index >= 15 is 0 Å². The number of hydrogen-bond acceptors (Lipinski definition) is 3. The van der Waals surface area contributed by atoms with Crippen LogP contribution in [0.25, 0.3) is 10.8 Å². The number of alkyl halides is 1. The van der Waals surface area contributed by atoms with Crippen LogP contribution in [0, 0.1) is 0 Å². The molecule has 3 aromatic rings. The Bertz CT molecular complexity index is 876. The molecule has 2 aromatic carbocycles. The molecule has 0 radical (unpaired) electrons. The first kappa shape index (κ1) is 15.8. The second-order valence-corrected chi connectivity index (χ2v) is 5.79. The quantitative estimate of drug-likeness (QED) is 0.639. The van der Waals surface area contributed by atoms with E-state index in [0.29, 0.717) is 46.3 Å². The summed E-state index contributed by atoms with van der Waals surface area (Å²) in [6, 6.07) is 14.3. The van der Waals surface area contributed by atoms with E-state index in [1.165, 1.54) is 4.68 Å². The highest BCUT2D eigenvalue weighted by Gasteiger charge is 2.12. The minimum Gasteiger partial charge on any atom is -0.437 e. The van der Waals surface area contributed by atoms with Crippen LogP contribution in [0.4, 0.5) is 0 Å². The third-order valence-electron chi connectivity index (χ3n) is 3.37. The summed E-state index contributed by atoms with van der Waals surface area (Å²) in [6.07, 6.45) is 0.660. The summed E-state index contributed by atoms with van der Waals surface area (Å²) in [5.74, 6) is 1.46. The number of ether oxygens (including phenoxy) is 1. The van der Waals surface area contributed by atoms with Crippen LogP contribution in [-0.4, -0.2) is 15.7 Å². The molecule has 0 saturated heterocycles. The van der Waals surface area contributed by atoms with Gasteiger partial charge in [-0.3, -0.25) is 4.79 Å². The van der Waals surface area contributed by atoms with Crippen molar-refractivity contribution in [1.82, 2.24) is 9.78 Å². The van der Waals surface area contributed by atoms with Gasteiger partial charge in [0.2, 0.25) is 5.88 Å². The number of halogens is 2. The number of aryl methyl sites for hydroxylation is 1. The van der Waals surface area contributed by atoms with E-state index in [0.717, 1.165) is 0 Å². The zero-order chi connectivity index (χ0) is 16.2. The standard InChI is InChI=1S/C17H14Cl2N2O2/c18-10-3-11-21-17(22)15-5-2-1-4-14(15)16(20-21)23-13-8-6-12(19)7-9-13/h1-2,4-9H,3,10-11H2. The van der Waals surface area contributed by atoms with Crippen molar-refractivity contribution >= 4 is 34.0 Å². The molecule has 0 aliphatic rings. The summed E-state index contributed by atoms with van der Waals surface area (Å²) < 4.78 is 7.26. The van der Waals surface area contributed by atoms with Crippen molar-refractivity contribution in [1.29, 1.82) is 0 Å². The molecule has 0 fully saturated rings. The van der Waals surface area contributed by atoms with Gasteiger partial charge in [0.25, 0.3) is 5.56 Å². The van der Waals surface area contributed by atoms with Crippen molar-refractivity contribution in [3.05, 3.63) is 63.9 Å². The number of rotatable bonds is 5. The summed E-state index contributed by atoms with van der Waals surface area (Å²) in [7, 11) is 0. The topological polar surface area (TPSA) is 44.1 Å². The Balaban J connectivity index is 2.08. The maximum atomic E-state index is 12.5. The normalized spacial score (nSPS) is 10.9. The van der Waals surface area contributed by atoms with Crippen LogP contribution in [0.5, 0.6) is 11.6 Å². The Hall–Kier alpha value is -2.04. The highest BCUT2D eigenvalue weighted by atomic mass is 35.5. The van der Waals surface area contributed by atoms with Crippen LogP contribution in [-0.2, 0) is 6.54 Å². The predicted octanol–water partition coefficient (Wildman–Crippen LogP) is 4.47. The van der Waals surface area contributed by atoms with Gasteiger partial charge in [-0.15, -0.1) is 16.7 Å². The fraction of sp³-hybridized carbons (Fsp3) is 0.176. The molecule has 0 unspecified atom stereocenters. The average Bonchev–Trinajstić information content (AvgIpc) is 2.58. The minimum absolute atomic E-state index is 0.144. The zero-order valence-corrected chi connectivity index (χ0v) is 13.7. The van der Waals surface area contributed by atoms with Crippen molar-refractivity contribution in [2.45, 2.75) is 13.0 Å². The largest absolute Gasteiger partial charge is 0.437 e. The van der Waals surface area contributed by atoms with Crippen molar-refractivity contribution in [2.75, 3.05) is 5.88 Å². The maximum absolute atomic E-state index is 12.5. The maximum Gasteiger partial charge on any atom is 0.274 e. The molecule has 118 valence electrons. The molecule has 23 heavy (non-hydrogen) atoms. The third-order valence-corrected chi connectivity index (χ3v) is 3.88. The molecule has 0 N–H and O–H groups in total. The van der Waals surface area contributed by atoms with Gasteiger partial charge < -0.3 is 4.74 Å². The molecule has 0 aliphatic heterocycles. The SMILES string of the molecule is O=c1c2ccccc2c(Oc2ccc(Cl)cc2)nn1CCCCl. The van der Waals surface area contributed by atoms with Gasteiger partial charge in [0.05, 0.1) is 10.8 Å². The Morgan fingerprint density at radius 2 is 1.74 bits per heavy atom. The van der Waals surface area contributed by atoms with Crippen LogP contribution in [0.1, 0.15) is 6.42 Å². The molecule has 1 heterocycles. The molecule has 0 amide bonds. The molecule has 0 bridgehead atoms. The van der Waals surface area contributed by atoms with E-state index in [1.807, 2.05) is 18.2 Å². The highest BCUT2D eigenvalue weighted by molar-refractivity contribution is 6.30. The Morgan fingerprint density at radius 1 is 1.04 bits per heavy atom. The second-order valence-electron chi connectivity index (χ2n) is 4.98. The molecule has 0 spiro atoms. The van der Waals surface area contributed by atoms with E-state index in [4.69, 9.17) is 27.9 Å². The van der Waals surface area contributed by atoms with Crippen LogP contribution in [0.15, 0.2) is 53.3 Å². The number of hydrogen-bond donors (Lipinski definition) is 0. The van der Waals surface area contributed by atoms with Crippen LogP contribution in [0.3, 0.4) is 0 Å². The summed E-state index contributed by atoms with van der Waals surface area (Å²) in [5.41, 5.74) is -0.144. The van der Waals surface area contributed by atoms with Crippen molar-refractivity contribution in [3.63, 3.8) is 0 Å². The third kappa shape index (κ3) is 3.49. The number of fused-ring (bicyclic) bond motifs is 1. The van der Waals surface area contributed by atoms with Gasteiger partial charge in [0.1, 0.15) is 5.75 Å². The minimum atomic E-state index is -0.144. The lowest BCUT2D eigenvalue weighted by atomic mass is 10.2. The molecular weight excluding hydrogens is 335 g/mol. The number of benzene rings is 2. The molecule has 0 aliphatic carbocycles. The lowest BCUT2D eigenvalue weighted by Crippen LogP contribution is -2.23. The summed E-state index contributed by atoms with van der Waals surface area (Å²) >= 11 is 11.6. The van der Waals surface area contributed by atoms with Crippen LogP contribution < -0.4 is 10.3 Å². The molecular formula is C17H14Cl2N2O2. The number of aromatic nitrogens is 2. The van der Waals surface area contributed by atoms with E-state index < -0.39 is 0 Å². The van der Waals surface area contributed by atoms with Gasteiger partial charge >= 0.3 is 0 Å². The second kappa shape index (κ2) is 7.02. The molecule has 1 aromatic heterocycles. The Kier molecular flexibility index (Phi) is 4.84. The first-order valence-electron chi connectivity index (χ1n) is 7.18. The predicted molar refractivity (Wildman–Crippen MR) is 92.9 cm³/mol. The highest BCUT2D eigenvalue weighted by Crippen LogP contribution is 2.26. The van der Waals surface area contributed by atoms with Crippen molar-refractivity contribution in [2.24, 2.45) is 0 Å². The van der Waals surface area contributed by atoms with Gasteiger partial charge in [-0.05, 0) is 42.8 Å². The smallest absolute Gasteiger partial charge is 0.274 e. The van der Waals surface area contributed by atoms with Gasteiger partial charge in [0.15, 0.2) is 0 Å². The van der Waals surface area contributed by atoms with E-state index in [1.54, 1.807) is 30.3 Å². The van der Waals surface area contributed by atoms with Crippen molar-refractivity contribution in [3.8, 4) is 11.6 Å². The van der Waals surface area contributed by atoms with E-state index in [9.17, 15) is 4.79 Å². The molecule has 4 nitrogen and oxygen atoms in total. The molecule has 0 atom stereocenters. The molecule has 6 heteroatoms. The first-order valence-corrected chi connectivity index (χ1v) is 8.09. The summed E-state index contributed by atoms with van der Waals surface area (Å²) in [5, 5.41) is 6.22. The Labute approximate surface area is 143 Å². The Morgan fingerprint density at radius 3 is 2.43 bits per heavy atom. The van der Waals surface area contributed by atoms with Crippen LogP contribution >= 0.6 is 23.2 Å². The van der Waals surface area contributed by atoms with E-state index in [2.05, 4.69) is 5.10 Å². The van der Waals surface area contributed by atoms with Gasteiger partial charge in [-0.25, -0.2) is 4.68 Å². The fourth-order valence-electron chi connectivity index (χ4n) is 2.25. The van der Waals surface area contributed by atoms with Crippen LogP contribution in [0.2, 0.25) is 5.02 Å². The van der Waals surface area contributed by atoms with Gasteiger partial charge in [-0.1, -0.05) is 23.7 Å². The zero-order valence-electron chi connectivity index (χ0n) is 12.2. The molecule has 3 rings (SSSR count). The summed E-state index contributed by atoms with van der Waals surface area (Å²) in [6.45, 7) is 0.449. The lowest BCUT2D eigenvalue weighted by molar-refractivity contribution is 0.435. The number of nitrogens with zero attached hydrogens (tertiary/aromatic N) is 2. The van der Waals surface area contributed by atoms with Gasteiger partial charge in [-0.2, -0.15) is 0 Å². The molecule has 0 saturated carbocycles.